The number of hydrogen-bond acceptors (Lipinski definition) is 4. The number of hydrogen-bond donors (Lipinski definition) is 1. The van der Waals surface area contributed by atoms with Crippen LogP contribution in [-0.2, 0) is 13.1 Å². The molecule has 5 heteroatoms. The Balaban J connectivity index is 1.77. The van der Waals surface area contributed by atoms with E-state index < -0.39 is 0 Å². The topological polar surface area (TPSA) is 36.1 Å². The number of aromatic amines is 1. The molecule has 0 spiro atoms. The van der Waals surface area contributed by atoms with Crippen molar-refractivity contribution < 1.29 is 0 Å². The van der Waals surface area contributed by atoms with Gasteiger partial charge in [-0.2, -0.15) is 0 Å². The largest absolute Gasteiger partial charge is 0.311 e. The van der Waals surface area contributed by atoms with E-state index in [1.807, 2.05) is 23.6 Å². The highest BCUT2D eigenvalue weighted by atomic mass is 32.1. The Morgan fingerprint density at radius 3 is 2.62 bits per heavy atom. The Bertz CT molecular complexity index is 744. The Morgan fingerprint density at radius 1 is 1.10 bits per heavy atom. The van der Waals surface area contributed by atoms with Crippen molar-refractivity contribution in [3.8, 4) is 10.6 Å². The summed E-state index contributed by atoms with van der Waals surface area (Å²) < 4.78 is 0. The smallest absolute Gasteiger partial charge is 0.305 e. The van der Waals surface area contributed by atoms with Gasteiger partial charge in [-0.15, -0.1) is 11.3 Å². The zero-order valence-corrected chi connectivity index (χ0v) is 13.3. The van der Waals surface area contributed by atoms with E-state index in [9.17, 15) is 4.79 Å². The van der Waals surface area contributed by atoms with E-state index in [4.69, 9.17) is 0 Å². The lowest BCUT2D eigenvalue weighted by atomic mass is 10.2. The summed E-state index contributed by atoms with van der Waals surface area (Å²) in [5.74, 6) is 0. The Hall–Kier alpha value is -1.69. The molecule has 0 bridgehead atoms. The summed E-state index contributed by atoms with van der Waals surface area (Å²) in [6.07, 6.45) is 0. The summed E-state index contributed by atoms with van der Waals surface area (Å²) >= 11 is 2.96. The third kappa shape index (κ3) is 3.50. The number of thiazole rings is 1. The van der Waals surface area contributed by atoms with Gasteiger partial charge in [-0.3, -0.25) is 9.69 Å². The third-order valence-corrected chi connectivity index (χ3v) is 4.95. The molecular weight excluding hydrogens is 300 g/mol. The zero-order valence-electron chi connectivity index (χ0n) is 11.7. The first-order chi connectivity index (χ1) is 10.2. The number of benzene rings is 1. The fourth-order valence-corrected chi connectivity index (χ4v) is 4.03. The van der Waals surface area contributed by atoms with Crippen molar-refractivity contribution in [2.45, 2.75) is 13.1 Å². The molecule has 0 aliphatic heterocycles. The SMILES string of the molecule is CN(Cc1ccccc1)Cc1sc(=O)[nH]c1-c1cccs1. The van der Waals surface area contributed by atoms with Gasteiger partial charge in [0.1, 0.15) is 0 Å². The van der Waals surface area contributed by atoms with Gasteiger partial charge in [-0.25, -0.2) is 0 Å². The number of nitrogens with one attached hydrogen (secondary N) is 1. The maximum atomic E-state index is 11.7. The van der Waals surface area contributed by atoms with Crippen LogP contribution in [0.15, 0.2) is 52.6 Å². The number of aromatic nitrogens is 1. The maximum Gasteiger partial charge on any atom is 0.305 e. The molecule has 0 radical (unpaired) electrons. The molecule has 0 saturated heterocycles. The van der Waals surface area contributed by atoms with Crippen molar-refractivity contribution in [2.75, 3.05) is 7.05 Å². The molecule has 21 heavy (non-hydrogen) atoms. The van der Waals surface area contributed by atoms with Crippen molar-refractivity contribution >= 4 is 22.7 Å². The lowest BCUT2D eigenvalue weighted by molar-refractivity contribution is 0.322. The van der Waals surface area contributed by atoms with Crippen molar-refractivity contribution in [3.63, 3.8) is 0 Å². The minimum Gasteiger partial charge on any atom is -0.311 e. The Labute approximate surface area is 131 Å². The molecule has 2 heterocycles. The standard InChI is InChI=1S/C16H16N2OS2/c1-18(10-12-6-3-2-4-7-12)11-14-15(17-16(19)21-14)13-8-5-9-20-13/h2-9H,10-11H2,1H3,(H,17,19). The predicted molar refractivity (Wildman–Crippen MR) is 89.9 cm³/mol. The van der Waals surface area contributed by atoms with Crippen LogP contribution in [0.2, 0.25) is 0 Å². The van der Waals surface area contributed by atoms with E-state index in [2.05, 4.69) is 41.2 Å². The van der Waals surface area contributed by atoms with Gasteiger partial charge in [0.05, 0.1) is 10.6 Å². The average Bonchev–Trinajstić information content (AvgIpc) is 3.09. The molecule has 1 aromatic carbocycles. The van der Waals surface area contributed by atoms with Crippen LogP contribution in [0.4, 0.5) is 0 Å². The molecule has 3 aromatic rings. The van der Waals surface area contributed by atoms with Crippen LogP contribution in [0.3, 0.4) is 0 Å². The Kier molecular flexibility index (Phi) is 4.34. The van der Waals surface area contributed by atoms with Crippen molar-refractivity contribution in [3.05, 3.63) is 68.0 Å². The van der Waals surface area contributed by atoms with E-state index in [1.54, 1.807) is 11.3 Å². The first kappa shape index (κ1) is 14.3. The van der Waals surface area contributed by atoms with Crippen molar-refractivity contribution in [1.29, 1.82) is 0 Å². The monoisotopic (exact) mass is 316 g/mol. The summed E-state index contributed by atoms with van der Waals surface area (Å²) in [6, 6.07) is 14.4. The van der Waals surface area contributed by atoms with Gasteiger partial charge in [-0.05, 0) is 24.1 Å². The lowest BCUT2D eigenvalue weighted by Gasteiger charge is -2.16. The quantitative estimate of drug-likeness (QED) is 0.777. The van der Waals surface area contributed by atoms with E-state index >= 15 is 0 Å². The molecule has 0 amide bonds. The molecule has 0 atom stereocenters. The van der Waals surface area contributed by atoms with Crippen LogP contribution in [0.25, 0.3) is 10.6 Å². The van der Waals surface area contributed by atoms with Gasteiger partial charge in [0, 0.05) is 18.0 Å². The van der Waals surface area contributed by atoms with Gasteiger partial charge in [-0.1, -0.05) is 47.7 Å². The first-order valence-corrected chi connectivity index (χ1v) is 8.40. The van der Waals surface area contributed by atoms with Crippen LogP contribution in [-0.4, -0.2) is 16.9 Å². The van der Waals surface area contributed by atoms with E-state index in [1.165, 1.54) is 16.9 Å². The molecule has 0 aliphatic rings. The molecule has 3 nitrogen and oxygen atoms in total. The minimum atomic E-state index is 0.0153. The van der Waals surface area contributed by atoms with Gasteiger partial charge in [0.25, 0.3) is 0 Å². The summed E-state index contributed by atoms with van der Waals surface area (Å²) in [5, 5.41) is 2.03. The number of thiophene rings is 1. The minimum absolute atomic E-state index is 0.0153. The number of nitrogens with zero attached hydrogens (tertiary/aromatic N) is 1. The molecule has 0 fully saturated rings. The van der Waals surface area contributed by atoms with Crippen LogP contribution in [0, 0.1) is 0 Å². The van der Waals surface area contributed by atoms with Crippen LogP contribution in [0.5, 0.6) is 0 Å². The van der Waals surface area contributed by atoms with E-state index in [0.29, 0.717) is 0 Å². The van der Waals surface area contributed by atoms with Crippen LogP contribution < -0.4 is 4.87 Å². The second kappa shape index (κ2) is 6.39. The molecule has 2 aromatic heterocycles. The van der Waals surface area contributed by atoms with Gasteiger partial charge >= 0.3 is 4.87 Å². The lowest BCUT2D eigenvalue weighted by Crippen LogP contribution is -2.16. The molecule has 0 aliphatic carbocycles. The van der Waals surface area contributed by atoms with Crippen LogP contribution in [0.1, 0.15) is 10.4 Å². The molecule has 0 unspecified atom stereocenters. The fraction of sp³-hybridized carbons (Fsp3) is 0.188. The average molecular weight is 316 g/mol. The maximum absolute atomic E-state index is 11.7. The molecule has 0 saturated carbocycles. The zero-order chi connectivity index (χ0) is 14.7. The Morgan fingerprint density at radius 2 is 1.90 bits per heavy atom. The predicted octanol–water partition coefficient (Wildman–Crippen LogP) is 3.80. The summed E-state index contributed by atoms with van der Waals surface area (Å²) in [4.78, 5) is 19.1. The second-order valence-electron chi connectivity index (χ2n) is 4.95. The third-order valence-electron chi connectivity index (χ3n) is 3.20. The highest BCUT2D eigenvalue weighted by Crippen LogP contribution is 2.28. The first-order valence-electron chi connectivity index (χ1n) is 6.71. The summed E-state index contributed by atoms with van der Waals surface area (Å²) in [6.45, 7) is 1.64. The fourth-order valence-electron chi connectivity index (χ4n) is 2.29. The van der Waals surface area contributed by atoms with Crippen LogP contribution >= 0.6 is 22.7 Å². The normalized spacial score (nSPS) is 11.1. The van der Waals surface area contributed by atoms with Crippen molar-refractivity contribution in [2.24, 2.45) is 0 Å². The van der Waals surface area contributed by atoms with Crippen molar-refractivity contribution in [1.82, 2.24) is 9.88 Å². The van der Waals surface area contributed by atoms with Gasteiger partial charge in [0.15, 0.2) is 0 Å². The number of rotatable bonds is 5. The second-order valence-corrected chi connectivity index (χ2v) is 6.96. The highest BCUT2D eigenvalue weighted by molar-refractivity contribution is 7.14. The highest BCUT2D eigenvalue weighted by Gasteiger charge is 2.13. The van der Waals surface area contributed by atoms with Gasteiger partial charge in [0.2, 0.25) is 0 Å². The van der Waals surface area contributed by atoms with E-state index in [0.717, 1.165) is 28.5 Å². The molecule has 108 valence electrons. The summed E-state index contributed by atoms with van der Waals surface area (Å²) in [7, 11) is 2.08. The number of H-pyrrole nitrogens is 1. The molecular formula is C16H16N2OS2. The van der Waals surface area contributed by atoms with E-state index in [-0.39, 0.29) is 4.87 Å². The van der Waals surface area contributed by atoms with Gasteiger partial charge < -0.3 is 4.98 Å². The summed E-state index contributed by atoms with van der Waals surface area (Å²) in [5.41, 5.74) is 2.25. The molecule has 3 rings (SSSR count). The molecule has 1 N–H and O–H groups in total.